The number of ether oxygens (including phenoxy) is 2. The average Bonchev–Trinajstić information content (AvgIpc) is 2.17. The first-order chi connectivity index (χ1) is 6.51. The molecule has 8 heteroatoms. The first-order valence-electron chi connectivity index (χ1n) is 3.45. The molecule has 0 amide bonds. The van der Waals surface area contributed by atoms with Gasteiger partial charge in [0.15, 0.2) is 0 Å². The predicted molar refractivity (Wildman–Crippen MR) is 40.2 cm³/mol. The van der Waals surface area contributed by atoms with Gasteiger partial charge in [-0.2, -0.15) is 0 Å². The van der Waals surface area contributed by atoms with Crippen LogP contribution >= 0.6 is 0 Å². The van der Waals surface area contributed by atoms with E-state index in [1.54, 1.807) is 0 Å². The van der Waals surface area contributed by atoms with Crippen molar-refractivity contribution in [2.75, 3.05) is 14.2 Å². The van der Waals surface area contributed by atoms with Gasteiger partial charge >= 0.3 is 71.1 Å². The maximum atomic E-state index is 10.8. The fourth-order valence-electron chi connectivity index (χ4n) is 0.474. The van der Waals surface area contributed by atoms with Crippen LogP contribution in [0.25, 0.3) is 0 Å². The molecule has 0 aromatic heterocycles. The van der Waals surface area contributed by atoms with Gasteiger partial charge in [0.2, 0.25) is 0 Å². The molecule has 6 nitrogen and oxygen atoms in total. The number of esters is 2. The van der Waals surface area contributed by atoms with Crippen molar-refractivity contribution in [3.63, 3.8) is 0 Å². The van der Waals surface area contributed by atoms with Crippen LogP contribution in [0.5, 0.6) is 0 Å². The minimum Gasteiger partial charge on any atom is -0.873 e. The van der Waals surface area contributed by atoms with Gasteiger partial charge in [-0.3, -0.25) is 0 Å². The Hall–Kier alpha value is 0.0200. The van der Waals surface area contributed by atoms with Gasteiger partial charge in [0.1, 0.15) is 0 Å². The SMILES string of the molecule is COC(=O)C=C([O-])C([O-])=CC(=O)OC.[Na+].[Na+]. The quantitative estimate of drug-likeness (QED) is 0.161. The Bertz CT molecular complexity index is 267. The van der Waals surface area contributed by atoms with E-state index in [1.807, 2.05) is 0 Å². The molecule has 0 aliphatic rings. The fourth-order valence-corrected chi connectivity index (χ4v) is 0.474. The van der Waals surface area contributed by atoms with Crippen molar-refractivity contribution >= 4 is 11.9 Å². The van der Waals surface area contributed by atoms with Gasteiger partial charge in [0, 0.05) is 12.2 Å². The molecular formula is C8H8Na2O6. The van der Waals surface area contributed by atoms with Crippen molar-refractivity contribution in [1.29, 1.82) is 0 Å². The normalized spacial score (nSPS) is 10.6. The van der Waals surface area contributed by atoms with Crippen molar-refractivity contribution in [2.45, 2.75) is 0 Å². The largest absolute Gasteiger partial charge is 1.00 e. The molecule has 0 spiro atoms. The molecule has 78 valence electrons. The van der Waals surface area contributed by atoms with Crippen LogP contribution in [0.3, 0.4) is 0 Å². The maximum Gasteiger partial charge on any atom is 1.00 e. The molecule has 16 heavy (non-hydrogen) atoms. The third-order valence-corrected chi connectivity index (χ3v) is 1.14. The Balaban J connectivity index is -0.000000845. The van der Waals surface area contributed by atoms with Gasteiger partial charge in [-0.25, -0.2) is 9.59 Å². The van der Waals surface area contributed by atoms with Crippen molar-refractivity contribution < 1.29 is 88.4 Å². The second kappa shape index (κ2) is 11.5. The van der Waals surface area contributed by atoms with Crippen LogP contribution in [0.4, 0.5) is 0 Å². The maximum absolute atomic E-state index is 10.8. The van der Waals surface area contributed by atoms with Crippen LogP contribution in [-0.2, 0) is 19.1 Å². The summed E-state index contributed by atoms with van der Waals surface area (Å²) in [5.74, 6) is -4.19. The molecule has 0 rings (SSSR count). The third-order valence-electron chi connectivity index (χ3n) is 1.14. The van der Waals surface area contributed by atoms with Gasteiger partial charge in [0.05, 0.1) is 14.2 Å². The summed E-state index contributed by atoms with van der Waals surface area (Å²) in [6, 6.07) is 0. The molecule has 0 saturated heterocycles. The van der Waals surface area contributed by atoms with Crippen LogP contribution < -0.4 is 69.3 Å². The molecule has 0 fully saturated rings. The number of hydrogen-bond donors (Lipinski definition) is 0. The van der Waals surface area contributed by atoms with Crippen LogP contribution in [0.15, 0.2) is 23.7 Å². The molecule has 0 N–H and O–H groups in total. The van der Waals surface area contributed by atoms with E-state index in [1.165, 1.54) is 0 Å². The fraction of sp³-hybridized carbons (Fsp3) is 0.250. The number of carbonyl (C=O) groups is 2. The minimum atomic E-state index is -1.14. The van der Waals surface area contributed by atoms with Crippen LogP contribution in [-0.4, -0.2) is 26.2 Å². The van der Waals surface area contributed by atoms with Crippen molar-refractivity contribution in [1.82, 2.24) is 0 Å². The molecule has 0 bridgehead atoms. The standard InChI is InChI=1S/C8H10O6.2Na/c1-13-7(11)3-5(9)6(10)4-8(12)14-2;;/h3-4,9-10H,1-2H3;;/q;2*+1/p-2. The topological polar surface area (TPSA) is 98.7 Å². The van der Waals surface area contributed by atoms with Gasteiger partial charge in [0.25, 0.3) is 0 Å². The Labute approximate surface area is 137 Å². The van der Waals surface area contributed by atoms with Crippen molar-refractivity contribution in [3.8, 4) is 0 Å². The molecule has 0 heterocycles. The summed E-state index contributed by atoms with van der Waals surface area (Å²) < 4.78 is 8.21. The number of methoxy groups -OCH3 is 2. The zero-order valence-corrected chi connectivity index (χ0v) is 13.6. The molecule has 0 aromatic carbocycles. The van der Waals surface area contributed by atoms with Gasteiger partial charge < -0.3 is 19.7 Å². The summed E-state index contributed by atoms with van der Waals surface area (Å²) in [6.45, 7) is 0. The summed E-state index contributed by atoms with van der Waals surface area (Å²) in [7, 11) is 2.11. The zero-order chi connectivity index (χ0) is 11.1. The Kier molecular flexibility index (Phi) is 15.3. The van der Waals surface area contributed by atoms with E-state index in [0.29, 0.717) is 12.2 Å². The molecule has 0 aromatic rings. The molecular weight excluding hydrogens is 238 g/mol. The molecule has 0 saturated carbocycles. The average molecular weight is 246 g/mol. The van der Waals surface area contributed by atoms with Crippen LogP contribution in [0.2, 0.25) is 0 Å². The molecule has 0 radical (unpaired) electrons. The number of rotatable bonds is 3. The smallest absolute Gasteiger partial charge is 0.873 e. The van der Waals surface area contributed by atoms with Gasteiger partial charge in [-0.15, -0.1) is 11.5 Å². The molecule has 0 aliphatic carbocycles. The van der Waals surface area contributed by atoms with E-state index >= 15 is 0 Å². The minimum absolute atomic E-state index is 0. The predicted octanol–water partition coefficient (Wildman–Crippen LogP) is -8.17. The summed E-state index contributed by atoms with van der Waals surface area (Å²) in [5.41, 5.74) is 0. The second-order valence-corrected chi connectivity index (χ2v) is 2.06. The number of hydrogen-bond acceptors (Lipinski definition) is 6. The Morgan fingerprint density at radius 3 is 1.31 bits per heavy atom. The van der Waals surface area contributed by atoms with Gasteiger partial charge in [-0.1, -0.05) is 0 Å². The summed E-state index contributed by atoms with van der Waals surface area (Å²) in [4.78, 5) is 21.0. The second-order valence-electron chi connectivity index (χ2n) is 2.06. The van der Waals surface area contributed by atoms with Crippen molar-refractivity contribution in [3.05, 3.63) is 23.7 Å². The summed E-state index contributed by atoms with van der Waals surface area (Å²) in [5, 5.41) is 21.6. The van der Waals surface area contributed by atoms with E-state index in [0.717, 1.165) is 14.2 Å². The van der Waals surface area contributed by atoms with Crippen molar-refractivity contribution in [2.24, 2.45) is 0 Å². The van der Waals surface area contributed by atoms with E-state index in [9.17, 15) is 19.8 Å². The van der Waals surface area contributed by atoms with Gasteiger partial charge in [-0.05, 0) is 0 Å². The van der Waals surface area contributed by atoms with E-state index in [4.69, 9.17) is 0 Å². The Morgan fingerprint density at radius 1 is 0.875 bits per heavy atom. The van der Waals surface area contributed by atoms with E-state index < -0.39 is 23.5 Å². The number of carbonyl (C=O) groups excluding carboxylic acids is 2. The van der Waals surface area contributed by atoms with Crippen LogP contribution in [0, 0.1) is 0 Å². The first kappa shape index (κ1) is 21.3. The molecule has 0 unspecified atom stereocenters. The summed E-state index contributed by atoms with van der Waals surface area (Å²) >= 11 is 0. The van der Waals surface area contributed by atoms with Crippen LogP contribution in [0.1, 0.15) is 0 Å². The Morgan fingerprint density at radius 2 is 1.12 bits per heavy atom. The van der Waals surface area contributed by atoms with E-state index in [-0.39, 0.29) is 59.1 Å². The summed E-state index contributed by atoms with van der Waals surface area (Å²) in [6.07, 6.45) is 0.892. The molecule has 0 atom stereocenters. The zero-order valence-electron chi connectivity index (χ0n) is 9.60. The third kappa shape index (κ3) is 9.26. The van der Waals surface area contributed by atoms with E-state index in [2.05, 4.69) is 9.47 Å². The first-order valence-corrected chi connectivity index (χ1v) is 3.45. The molecule has 0 aliphatic heterocycles. The monoisotopic (exact) mass is 246 g/mol.